The minimum Gasteiger partial charge on any atom is -0.369 e. The number of azo groups is 1. The molecule has 0 saturated carbocycles. The average molecular weight is 410 g/mol. The third kappa shape index (κ3) is 5.40. The minimum absolute atomic E-state index is 0.424. The van der Waals surface area contributed by atoms with Crippen molar-refractivity contribution >= 4 is 33.0 Å². The van der Waals surface area contributed by atoms with Gasteiger partial charge in [-0.25, -0.2) is 0 Å². The first-order valence-electron chi connectivity index (χ1n) is 8.32. The maximum absolute atomic E-state index is 8.83. The molecule has 0 aliphatic carbocycles. The normalized spacial score (nSPS) is 10.5. The summed E-state index contributed by atoms with van der Waals surface area (Å²) in [5.41, 5.74) is 4.72. The lowest BCUT2D eigenvalue weighted by Gasteiger charge is -2.23. The first-order valence-corrected chi connectivity index (χ1v) is 9.12. The van der Waals surface area contributed by atoms with Gasteiger partial charge in [-0.3, -0.25) is 0 Å². The zero-order valence-electron chi connectivity index (χ0n) is 14.9. The van der Waals surface area contributed by atoms with Crippen LogP contribution in [0.2, 0.25) is 0 Å². The Bertz CT molecular complexity index is 859. The van der Waals surface area contributed by atoms with E-state index in [1.807, 2.05) is 50.2 Å². The molecular weight excluding hydrogens is 390 g/mol. The highest BCUT2D eigenvalue weighted by Gasteiger charge is 2.08. The molecule has 0 aliphatic heterocycles. The molecule has 6 heteroatoms. The van der Waals surface area contributed by atoms with E-state index in [9.17, 15) is 0 Å². The highest BCUT2D eigenvalue weighted by atomic mass is 79.9. The van der Waals surface area contributed by atoms with Crippen LogP contribution in [-0.2, 0) is 0 Å². The van der Waals surface area contributed by atoms with Crippen LogP contribution in [0.15, 0.2) is 51.1 Å². The molecule has 0 amide bonds. The highest BCUT2D eigenvalue weighted by molar-refractivity contribution is 9.10. The van der Waals surface area contributed by atoms with Crippen molar-refractivity contribution in [2.45, 2.75) is 26.7 Å². The van der Waals surface area contributed by atoms with E-state index in [1.165, 1.54) is 0 Å². The third-order valence-electron chi connectivity index (χ3n) is 3.90. The molecule has 0 N–H and O–H groups in total. The number of halogens is 1. The van der Waals surface area contributed by atoms with Gasteiger partial charge in [0.25, 0.3) is 0 Å². The van der Waals surface area contributed by atoms with Gasteiger partial charge >= 0.3 is 0 Å². The van der Waals surface area contributed by atoms with Crippen LogP contribution in [-0.4, -0.2) is 13.1 Å². The van der Waals surface area contributed by atoms with Crippen LogP contribution in [0.1, 0.15) is 24.0 Å². The molecule has 0 bridgehead atoms. The van der Waals surface area contributed by atoms with Crippen LogP contribution in [0.3, 0.4) is 0 Å². The van der Waals surface area contributed by atoms with Gasteiger partial charge in [-0.1, -0.05) is 6.07 Å². The zero-order chi connectivity index (χ0) is 18.9. The van der Waals surface area contributed by atoms with Crippen molar-refractivity contribution in [1.29, 1.82) is 10.5 Å². The van der Waals surface area contributed by atoms with E-state index in [-0.39, 0.29) is 0 Å². The van der Waals surface area contributed by atoms with E-state index in [0.717, 1.165) is 32.7 Å². The van der Waals surface area contributed by atoms with Gasteiger partial charge in [-0.15, -0.1) is 5.11 Å². The fourth-order valence-corrected chi connectivity index (χ4v) is 3.06. The van der Waals surface area contributed by atoms with E-state index >= 15 is 0 Å². The Morgan fingerprint density at radius 2 is 1.54 bits per heavy atom. The van der Waals surface area contributed by atoms with Crippen molar-refractivity contribution in [3.05, 3.63) is 52.0 Å². The molecule has 0 fully saturated rings. The van der Waals surface area contributed by atoms with Crippen LogP contribution in [0.25, 0.3) is 0 Å². The number of anilines is 1. The standard InChI is InChI=1S/C20H20BrN5/c1-15-5-7-20(18(21)13-15)25-24-19-8-6-17(14-16(19)2)26(11-3-9-22)12-4-10-23/h5-8,13-14H,3-4,11-12H2,1-2H3. The van der Waals surface area contributed by atoms with Crippen LogP contribution in [0, 0.1) is 36.5 Å². The van der Waals surface area contributed by atoms with E-state index < -0.39 is 0 Å². The molecule has 5 nitrogen and oxygen atoms in total. The molecule has 0 aliphatic rings. The number of hydrogen-bond donors (Lipinski definition) is 0. The Morgan fingerprint density at radius 3 is 2.12 bits per heavy atom. The second kappa shape index (κ2) is 9.70. The number of rotatable bonds is 7. The van der Waals surface area contributed by atoms with E-state index in [4.69, 9.17) is 10.5 Å². The van der Waals surface area contributed by atoms with Crippen molar-refractivity contribution in [3.63, 3.8) is 0 Å². The average Bonchev–Trinajstić information content (AvgIpc) is 2.62. The number of nitrogens with zero attached hydrogens (tertiary/aromatic N) is 5. The summed E-state index contributed by atoms with van der Waals surface area (Å²) in [7, 11) is 0. The van der Waals surface area contributed by atoms with E-state index in [0.29, 0.717) is 25.9 Å². The van der Waals surface area contributed by atoms with Crippen molar-refractivity contribution < 1.29 is 0 Å². The maximum atomic E-state index is 8.83. The van der Waals surface area contributed by atoms with Gasteiger partial charge in [0.05, 0.1) is 36.4 Å². The molecule has 0 unspecified atom stereocenters. The summed E-state index contributed by atoms with van der Waals surface area (Å²) in [5, 5.41) is 26.4. The lowest BCUT2D eigenvalue weighted by molar-refractivity contribution is 0.796. The molecular formula is C20H20BrN5. The maximum Gasteiger partial charge on any atom is 0.0999 e. The fraction of sp³-hybridized carbons (Fsp3) is 0.300. The zero-order valence-corrected chi connectivity index (χ0v) is 16.5. The van der Waals surface area contributed by atoms with Gasteiger partial charge in [-0.2, -0.15) is 15.6 Å². The molecule has 2 aromatic carbocycles. The van der Waals surface area contributed by atoms with Crippen LogP contribution in [0.5, 0.6) is 0 Å². The Morgan fingerprint density at radius 1 is 0.923 bits per heavy atom. The largest absolute Gasteiger partial charge is 0.369 e. The van der Waals surface area contributed by atoms with Gasteiger partial charge in [0, 0.05) is 23.2 Å². The fourth-order valence-electron chi connectivity index (χ4n) is 2.49. The first-order chi connectivity index (χ1) is 12.5. The molecule has 0 heterocycles. The summed E-state index contributed by atoms with van der Waals surface area (Å²) < 4.78 is 0.912. The summed E-state index contributed by atoms with van der Waals surface area (Å²) in [6.45, 7) is 5.22. The predicted octanol–water partition coefficient (Wildman–Crippen LogP) is 6.12. The molecule has 26 heavy (non-hydrogen) atoms. The molecule has 0 spiro atoms. The molecule has 0 saturated heterocycles. The Hall–Kier alpha value is -2.70. The van der Waals surface area contributed by atoms with Gasteiger partial charge in [0.1, 0.15) is 0 Å². The number of benzene rings is 2. The van der Waals surface area contributed by atoms with Crippen LogP contribution >= 0.6 is 15.9 Å². The van der Waals surface area contributed by atoms with Crippen molar-refractivity contribution in [3.8, 4) is 12.1 Å². The van der Waals surface area contributed by atoms with Crippen molar-refractivity contribution in [2.24, 2.45) is 10.2 Å². The molecule has 0 aromatic heterocycles. The van der Waals surface area contributed by atoms with Crippen molar-refractivity contribution in [1.82, 2.24) is 0 Å². The molecule has 2 rings (SSSR count). The second-order valence-electron chi connectivity index (χ2n) is 5.93. The van der Waals surface area contributed by atoms with Crippen molar-refractivity contribution in [2.75, 3.05) is 18.0 Å². The van der Waals surface area contributed by atoms with Gasteiger partial charge in [0.15, 0.2) is 0 Å². The highest BCUT2D eigenvalue weighted by Crippen LogP contribution is 2.30. The Balaban J connectivity index is 2.21. The smallest absolute Gasteiger partial charge is 0.0999 e. The van der Waals surface area contributed by atoms with E-state index in [1.54, 1.807) is 0 Å². The molecule has 132 valence electrons. The van der Waals surface area contributed by atoms with Crippen LogP contribution < -0.4 is 4.90 Å². The quantitative estimate of drug-likeness (QED) is 0.517. The first kappa shape index (κ1) is 19.6. The minimum atomic E-state index is 0.424. The number of aryl methyl sites for hydroxylation is 2. The molecule has 0 radical (unpaired) electrons. The number of nitriles is 2. The second-order valence-corrected chi connectivity index (χ2v) is 6.78. The summed E-state index contributed by atoms with van der Waals surface area (Å²) in [6.07, 6.45) is 0.848. The predicted molar refractivity (Wildman–Crippen MR) is 107 cm³/mol. The summed E-state index contributed by atoms with van der Waals surface area (Å²) in [4.78, 5) is 2.05. The third-order valence-corrected chi connectivity index (χ3v) is 4.54. The lowest BCUT2D eigenvalue weighted by atomic mass is 10.1. The monoisotopic (exact) mass is 409 g/mol. The SMILES string of the molecule is Cc1ccc(N=Nc2ccc(N(CCC#N)CCC#N)cc2C)c(Br)c1. The van der Waals surface area contributed by atoms with E-state index in [2.05, 4.69) is 43.2 Å². The van der Waals surface area contributed by atoms with Gasteiger partial charge in [-0.05, 0) is 71.2 Å². The Kier molecular flexibility index (Phi) is 7.32. The summed E-state index contributed by atoms with van der Waals surface area (Å²) >= 11 is 3.50. The topological polar surface area (TPSA) is 75.5 Å². The van der Waals surface area contributed by atoms with Gasteiger partial charge < -0.3 is 4.90 Å². The van der Waals surface area contributed by atoms with Gasteiger partial charge in [0.2, 0.25) is 0 Å². The molecule has 0 atom stereocenters. The summed E-state index contributed by atoms with van der Waals surface area (Å²) in [6, 6.07) is 16.1. The van der Waals surface area contributed by atoms with Crippen LogP contribution in [0.4, 0.5) is 17.1 Å². The Labute approximate surface area is 162 Å². The number of hydrogen-bond acceptors (Lipinski definition) is 5. The molecule has 2 aromatic rings. The lowest BCUT2D eigenvalue weighted by Crippen LogP contribution is -2.25. The summed E-state index contributed by atoms with van der Waals surface area (Å²) in [5.74, 6) is 0.